The van der Waals surface area contributed by atoms with Gasteiger partial charge in [0.1, 0.15) is 5.82 Å². The molecule has 0 aliphatic carbocycles. The van der Waals surface area contributed by atoms with E-state index < -0.39 is 15.8 Å². The monoisotopic (exact) mass is 418 g/mol. The zero-order valence-electron chi connectivity index (χ0n) is 16.8. The molecule has 0 saturated carbocycles. The Kier molecular flexibility index (Phi) is 5.50. The Labute approximate surface area is 171 Å². The van der Waals surface area contributed by atoms with Crippen molar-refractivity contribution in [3.05, 3.63) is 53.3 Å². The summed E-state index contributed by atoms with van der Waals surface area (Å²) in [4.78, 5) is 2.52. The third-order valence-corrected chi connectivity index (χ3v) is 8.12. The highest BCUT2D eigenvalue weighted by molar-refractivity contribution is 7.89. The Bertz CT molecular complexity index is 1020. The molecule has 156 valence electrons. The van der Waals surface area contributed by atoms with E-state index in [1.54, 1.807) is 35.5 Å². The molecule has 0 spiro atoms. The fourth-order valence-electron chi connectivity index (χ4n) is 4.59. The third kappa shape index (κ3) is 3.84. The Morgan fingerprint density at radius 1 is 1.07 bits per heavy atom. The average Bonchev–Trinajstić information content (AvgIpc) is 3.00. The Morgan fingerprint density at radius 3 is 2.55 bits per heavy atom. The molecule has 2 aromatic rings. The van der Waals surface area contributed by atoms with Crippen molar-refractivity contribution in [1.82, 2.24) is 9.21 Å². The van der Waals surface area contributed by atoms with Gasteiger partial charge in [0, 0.05) is 31.2 Å². The van der Waals surface area contributed by atoms with E-state index in [0.29, 0.717) is 41.3 Å². The minimum atomic E-state index is -3.61. The summed E-state index contributed by atoms with van der Waals surface area (Å²) in [5.41, 5.74) is 2.30. The number of aliphatic hydroxyl groups excluding tert-OH is 1. The number of rotatable bonds is 4. The van der Waals surface area contributed by atoms with Gasteiger partial charge in [-0.25, -0.2) is 12.8 Å². The molecule has 0 aromatic heterocycles. The summed E-state index contributed by atoms with van der Waals surface area (Å²) in [5.74, 6) is -0.0303. The molecule has 3 heterocycles. The lowest BCUT2D eigenvalue weighted by Crippen LogP contribution is -2.41. The maximum atomic E-state index is 14.4. The van der Waals surface area contributed by atoms with Gasteiger partial charge in [-0.15, -0.1) is 0 Å². The molecule has 0 amide bonds. The van der Waals surface area contributed by atoms with Crippen LogP contribution in [-0.2, 0) is 16.6 Å². The van der Waals surface area contributed by atoms with E-state index in [0.717, 1.165) is 19.4 Å². The van der Waals surface area contributed by atoms with Gasteiger partial charge in [0.2, 0.25) is 10.0 Å². The number of sulfonamides is 1. The number of nitrogens with zero attached hydrogens (tertiary/aromatic N) is 2. The molecule has 5 rings (SSSR count). The third-order valence-electron chi connectivity index (χ3n) is 6.29. The van der Waals surface area contributed by atoms with Crippen LogP contribution in [-0.4, -0.2) is 55.5 Å². The van der Waals surface area contributed by atoms with Crippen molar-refractivity contribution in [3.63, 3.8) is 0 Å². The largest absolute Gasteiger partial charge is 0.392 e. The molecule has 2 bridgehead atoms. The van der Waals surface area contributed by atoms with Crippen molar-refractivity contribution in [2.45, 2.75) is 37.3 Å². The van der Waals surface area contributed by atoms with E-state index in [2.05, 4.69) is 11.9 Å². The number of likely N-dealkylation sites (N-methyl/N-ethyl adjacent to an activating group) is 1. The number of fused-ring (bicyclic) bond motifs is 4. The lowest BCUT2D eigenvalue weighted by molar-refractivity contribution is 0.168. The second-order valence-electron chi connectivity index (χ2n) is 8.31. The molecule has 0 radical (unpaired) electrons. The van der Waals surface area contributed by atoms with Gasteiger partial charge >= 0.3 is 0 Å². The Balaban J connectivity index is 1.67. The van der Waals surface area contributed by atoms with Crippen LogP contribution in [0.4, 0.5) is 4.39 Å². The molecule has 5 nitrogen and oxygen atoms in total. The highest BCUT2D eigenvalue weighted by atomic mass is 32.2. The molecule has 0 unspecified atom stereocenters. The number of halogens is 1. The molecule has 29 heavy (non-hydrogen) atoms. The highest BCUT2D eigenvalue weighted by Crippen LogP contribution is 2.33. The maximum Gasteiger partial charge on any atom is 0.243 e. The van der Waals surface area contributed by atoms with Crippen molar-refractivity contribution >= 4 is 10.0 Å². The van der Waals surface area contributed by atoms with Gasteiger partial charge in [0.05, 0.1) is 11.5 Å². The van der Waals surface area contributed by atoms with Crippen LogP contribution in [0.3, 0.4) is 0 Å². The number of aliphatic hydroxyl groups is 1. The number of piperidine rings is 1. The first-order chi connectivity index (χ1) is 13.8. The molecule has 3 aliphatic rings. The minimum Gasteiger partial charge on any atom is -0.392 e. The van der Waals surface area contributed by atoms with Gasteiger partial charge in [-0.3, -0.25) is 0 Å². The topological polar surface area (TPSA) is 60.9 Å². The smallest absolute Gasteiger partial charge is 0.243 e. The minimum absolute atomic E-state index is 0.176. The van der Waals surface area contributed by atoms with Crippen LogP contribution in [0.1, 0.15) is 24.0 Å². The second-order valence-corrected chi connectivity index (χ2v) is 10.2. The lowest BCUT2D eigenvalue weighted by atomic mass is 9.96. The van der Waals surface area contributed by atoms with Gasteiger partial charge in [-0.05, 0) is 73.7 Å². The van der Waals surface area contributed by atoms with Crippen molar-refractivity contribution in [2.75, 3.05) is 26.7 Å². The molecule has 3 aliphatic heterocycles. The standard InChI is InChI=1S/C22H27FN2O3S/c1-15-9-19(6-7-20(15)21-10-16(14-26)4-8-22(21)23)29(27,28)25-12-17-3-5-18(13-25)24(2)11-17/h4,6-10,17-18,26H,3,5,11-14H2,1-2H3/t17-,18-/m0/s1. The van der Waals surface area contributed by atoms with E-state index in [4.69, 9.17) is 0 Å². The average molecular weight is 419 g/mol. The Morgan fingerprint density at radius 2 is 1.86 bits per heavy atom. The van der Waals surface area contributed by atoms with Crippen LogP contribution in [0.2, 0.25) is 0 Å². The van der Waals surface area contributed by atoms with Gasteiger partial charge in [-0.1, -0.05) is 12.1 Å². The lowest BCUT2D eigenvalue weighted by Gasteiger charge is -2.32. The normalized spacial score (nSPS) is 23.3. The predicted molar refractivity (Wildman–Crippen MR) is 110 cm³/mol. The SMILES string of the molecule is Cc1cc(S(=O)(=O)N2C[C@H]3CC[C@@H](C2)N(C)C3)ccc1-c1cc(CO)ccc1F. The Hall–Kier alpha value is -1.80. The van der Waals surface area contributed by atoms with Crippen LogP contribution in [0.15, 0.2) is 41.3 Å². The summed E-state index contributed by atoms with van der Waals surface area (Å²) in [7, 11) is -1.54. The van der Waals surface area contributed by atoms with Crippen molar-refractivity contribution in [2.24, 2.45) is 5.92 Å². The van der Waals surface area contributed by atoms with E-state index in [1.807, 2.05) is 0 Å². The van der Waals surface area contributed by atoms with Gasteiger partial charge < -0.3 is 10.0 Å². The first-order valence-corrected chi connectivity index (χ1v) is 11.4. The van der Waals surface area contributed by atoms with Crippen LogP contribution in [0.5, 0.6) is 0 Å². The summed E-state index contributed by atoms with van der Waals surface area (Å²) >= 11 is 0. The van der Waals surface area contributed by atoms with E-state index in [-0.39, 0.29) is 17.5 Å². The van der Waals surface area contributed by atoms with Crippen LogP contribution in [0, 0.1) is 18.7 Å². The first kappa shape index (κ1) is 20.5. The molecular weight excluding hydrogens is 391 g/mol. The van der Waals surface area contributed by atoms with Crippen molar-refractivity contribution < 1.29 is 17.9 Å². The number of hydrogen-bond donors (Lipinski definition) is 1. The molecule has 2 atom stereocenters. The van der Waals surface area contributed by atoms with Crippen molar-refractivity contribution in [1.29, 1.82) is 0 Å². The molecular formula is C22H27FN2O3S. The van der Waals surface area contributed by atoms with Crippen LogP contribution >= 0.6 is 0 Å². The van der Waals surface area contributed by atoms with Crippen LogP contribution in [0.25, 0.3) is 11.1 Å². The molecule has 2 aromatic carbocycles. The first-order valence-electron chi connectivity index (χ1n) is 10.0. The number of aryl methyl sites for hydroxylation is 1. The van der Waals surface area contributed by atoms with Gasteiger partial charge in [0.15, 0.2) is 0 Å². The van der Waals surface area contributed by atoms with E-state index in [9.17, 15) is 17.9 Å². The molecule has 3 saturated heterocycles. The predicted octanol–water partition coefficient (Wildman–Crippen LogP) is 3.01. The van der Waals surface area contributed by atoms with Crippen molar-refractivity contribution in [3.8, 4) is 11.1 Å². The van der Waals surface area contributed by atoms with Gasteiger partial charge in [0.25, 0.3) is 0 Å². The van der Waals surface area contributed by atoms with Gasteiger partial charge in [-0.2, -0.15) is 4.31 Å². The van der Waals surface area contributed by atoms with E-state index in [1.165, 1.54) is 12.1 Å². The summed E-state index contributed by atoms with van der Waals surface area (Å²) in [6.07, 6.45) is 2.10. The zero-order chi connectivity index (χ0) is 20.8. The summed E-state index contributed by atoms with van der Waals surface area (Å²) < 4.78 is 42.7. The van der Waals surface area contributed by atoms with Crippen LogP contribution < -0.4 is 0 Å². The molecule has 3 fully saturated rings. The molecule has 7 heteroatoms. The second kappa shape index (κ2) is 7.80. The summed E-state index contributed by atoms with van der Waals surface area (Å²) in [5, 5.41) is 9.34. The zero-order valence-corrected chi connectivity index (χ0v) is 17.6. The maximum absolute atomic E-state index is 14.4. The highest BCUT2D eigenvalue weighted by Gasteiger charge is 2.38. The fraction of sp³-hybridized carbons (Fsp3) is 0.455. The number of benzene rings is 2. The summed E-state index contributed by atoms with van der Waals surface area (Å²) in [6, 6.07) is 9.60. The molecule has 1 N–H and O–H groups in total. The fourth-order valence-corrected chi connectivity index (χ4v) is 6.23. The van der Waals surface area contributed by atoms with E-state index >= 15 is 0 Å². The summed E-state index contributed by atoms with van der Waals surface area (Å²) in [6.45, 7) is 3.62. The number of hydrogen-bond acceptors (Lipinski definition) is 4. The quantitative estimate of drug-likeness (QED) is 0.829.